The largest absolute Gasteiger partial charge is 0.484 e. The van der Waals surface area contributed by atoms with Crippen molar-refractivity contribution < 1.29 is 19.1 Å². The lowest BCUT2D eigenvalue weighted by atomic mass is 10.1. The van der Waals surface area contributed by atoms with Gasteiger partial charge in [-0.2, -0.15) is 0 Å². The third-order valence-corrected chi connectivity index (χ3v) is 4.69. The molecule has 2 aromatic rings. The predicted octanol–water partition coefficient (Wildman–Crippen LogP) is 4.43. The van der Waals surface area contributed by atoms with Crippen LogP contribution in [0.5, 0.6) is 5.75 Å². The van der Waals surface area contributed by atoms with Gasteiger partial charge in [0.1, 0.15) is 11.9 Å². The number of halogens is 1. The first-order chi connectivity index (χ1) is 11.5. The number of carbonyl (C=O) groups excluding carboxylic acids is 2. The maximum Gasteiger partial charge on any atom is 0.351 e. The summed E-state index contributed by atoms with van der Waals surface area (Å²) in [7, 11) is 1.25. The van der Waals surface area contributed by atoms with E-state index in [4.69, 9.17) is 27.6 Å². The van der Waals surface area contributed by atoms with Gasteiger partial charge in [-0.25, -0.2) is 11.4 Å². The number of Topliss-reactive ketones (excluding diaryl/α,β-unsaturated/α-hetero) is 1. The Morgan fingerprint density at radius 2 is 2.08 bits per heavy atom. The lowest BCUT2D eigenvalue weighted by Crippen LogP contribution is -2.07. The second-order valence-corrected chi connectivity index (χ2v) is 6.28. The van der Waals surface area contributed by atoms with Gasteiger partial charge in [-0.15, -0.1) is 11.3 Å². The van der Waals surface area contributed by atoms with Crippen LogP contribution in [-0.2, 0) is 4.74 Å². The predicted molar refractivity (Wildman–Crippen MR) is 92.0 cm³/mol. The number of ether oxygens (including phenoxy) is 2. The number of carbonyl (C=O) groups is 2. The number of benzene rings is 1. The van der Waals surface area contributed by atoms with Crippen LogP contribution in [0.15, 0.2) is 30.3 Å². The molecule has 24 heavy (non-hydrogen) atoms. The van der Waals surface area contributed by atoms with Gasteiger partial charge in [-0.3, -0.25) is 4.79 Å². The van der Waals surface area contributed by atoms with Crippen LogP contribution >= 0.6 is 22.9 Å². The summed E-state index contributed by atoms with van der Waals surface area (Å²) < 4.78 is 10.6. The molecule has 0 spiro atoms. The molecule has 0 saturated carbocycles. The zero-order chi connectivity index (χ0) is 17.7. The smallest absolute Gasteiger partial charge is 0.351 e. The molecule has 0 fully saturated rings. The number of hydrogen-bond acceptors (Lipinski definition) is 5. The summed E-state index contributed by atoms with van der Waals surface area (Å²) in [6.07, 6.45) is -0.430. The summed E-state index contributed by atoms with van der Waals surface area (Å²) in [4.78, 5) is 27.4. The molecule has 1 unspecified atom stereocenters. The third-order valence-electron chi connectivity index (χ3n) is 3.21. The lowest BCUT2D eigenvalue weighted by Gasteiger charge is -2.16. The van der Waals surface area contributed by atoms with Crippen molar-refractivity contribution in [3.63, 3.8) is 0 Å². The molecule has 1 heterocycles. The molecule has 1 aromatic heterocycles. The molecular formula is C17H14ClNO4S. The average molecular weight is 364 g/mol. The van der Waals surface area contributed by atoms with E-state index in [1.54, 1.807) is 13.0 Å². The molecule has 0 aliphatic rings. The summed E-state index contributed by atoms with van der Waals surface area (Å²) in [6, 6.07) is 8.68. The first-order valence-corrected chi connectivity index (χ1v) is 8.17. The summed E-state index contributed by atoms with van der Waals surface area (Å²) in [5, 5.41) is 0.546. The first-order valence-electron chi connectivity index (χ1n) is 6.97. The standard InChI is InChI=1S/C17H14ClNO4S/c1-10(11-6-4-5-7-12(11)18)23-14-8-15(13(20)9-19-2)24-16(14)17(21)22-3/h4-8,10H,9H2,1,3H3. The van der Waals surface area contributed by atoms with Crippen molar-refractivity contribution in [1.82, 2.24) is 0 Å². The Morgan fingerprint density at radius 3 is 2.71 bits per heavy atom. The number of nitrogens with zero attached hydrogens (tertiary/aromatic N) is 1. The van der Waals surface area contributed by atoms with Crippen molar-refractivity contribution in [2.75, 3.05) is 13.7 Å². The zero-order valence-electron chi connectivity index (χ0n) is 13.0. The number of esters is 1. The third kappa shape index (κ3) is 3.94. The van der Waals surface area contributed by atoms with E-state index in [2.05, 4.69) is 4.85 Å². The number of hydrogen-bond donors (Lipinski definition) is 0. The van der Waals surface area contributed by atoms with Crippen LogP contribution in [0.2, 0.25) is 5.02 Å². The first kappa shape index (κ1) is 18.0. The molecule has 0 bridgehead atoms. The fraction of sp³-hybridized carbons (Fsp3) is 0.235. The Hall–Kier alpha value is -2.36. The van der Waals surface area contributed by atoms with Crippen molar-refractivity contribution in [2.45, 2.75) is 13.0 Å². The van der Waals surface area contributed by atoms with Gasteiger partial charge in [0.2, 0.25) is 0 Å². The average Bonchev–Trinajstić information content (AvgIpc) is 2.98. The van der Waals surface area contributed by atoms with Crippen LogP contribution in [0.4, 0.5) is 0 Å². The fourth-order valence-electron chi connectivity index (χ4n) is 2.04. The molecule has 0 N–H and O–H groups in total. The van der Waals surface area contributed by atoms with E-state index in [-0.39, 0.29) is 27.8 Å². The highest BCUT2D eigenvalue weighted by Crippen LogP contribution is 2.35. The van der Waals surface area contributed by atoms with Crippen LogP contribution in [-0.4, -0.2) is 25.4 Å². The normalized spacial score (nSPS) is 11.4. The number of thiophene rings is 1. The monoisotopic (exact) mass is 363 g/mol. The van der Waals surface area contributed by atoms with E-state index in [1.807, 2.05) is 18.2 Å². The Kier molecular flexibility index (Phi) is 5.96. The molecule has 1 atom stereocenters. The van der Waals surface area contributed by atoms with E-state index in [1.165, 1.54) is 13.2 Å². The van der Waals surface area contributed by atoms with Gasteiger partial charge in [-0.1, -0.05) is 29.8 Å². The topological polar surface area (TPSA) is 57.0 Å². The maximum absolute atomic E-state index is 11.9. The van der Waals surface area contributed by atoms with Gasteiger partial charge in [0, 0.05) is 16.7 Å². The minimum atomic E-state index is -0.594. The van der Waals surface area contributed by atoms with Crippen molar-refractivity contribution in [3.8, 4) is 5.75 Å². The van der Waals surface area contributed by atoms with E-state index in [0.29, 0.717) is 5.02 Å². The SMILES string of the molecule is [C-]#[N+]CC(=O)c1cc(OC(C)c2ccccc2Cl)c(C(=O)OC)s1. The van der Waals surface area contributed by atoms with Gasteiger partial charge in [0.05, 0.1) is 12.0 Å². The lowest BCUT2D eigenvalue weighted by molar-refractivity contribution is 0.0600. The second-order valence-electron chi connectivity index (χ2n) is 4.82. The summed E-state index contributed by atoms with van der Waals surface area (Å²) >= 11 is 7.11. The number of ketones is 1. The molecule has 7 heteroatoms. The number of rotatable bonds is 6. The van der Waals surface area contributed by atoms with E-state index >= 15 is 0 Å². The minimum Gasteiger partial charge on any atom is -0.484 e. The van der Waals surface area contributed by atoms with Crippen LogP contribution in [0.3, 0.4) is 0 Å². The molecule has 0 amide bonds. The van der Waals surface area contributed by atoms with Crippen molar-refractivity contribution in [2.24, 2.45) is 0 Å². The van der Waals surface area contributed by atoms with Gasteiger partial charge < -0.3 is 14.3 Å². The summed E-state index contributed by atoms with van der Waals surface area (Å²) in [6.45, 7) is 8.30. The highest BCUT2D eigenvalue weighted by Gasteiger charge is 2.24. The number of methoxy groups -OCH3 is 1. The van der Waals surface area contributed by atoms with Gasteiger partial charge in [0.25, 0.3) is 12.3 Å². The Balaban J connectivity index is 2.34. The molecule has 2 rings (SSSR count). The molecule has 0 aliphatic heterocycles. The highest BCUT2D eigenvalue weighted by molar-refractivity contribution is 7.16. The van der Waals surface area contributed by atoms with Crippen LogP contribution < -0.4 is 4.74 Å². The van der Waals surface area contributed by atoms with Gasteiger partial charge in [-0.05, 0) is 13.0 Å². The van der Waals surface area contributed by atoms with E-state index in [0.717, 1.165) is 16.9 Å². The molecule has 1 aromatic carbocycles. The highest BCUT2D eigenvalue weighted by atomic mass is 35.5. The van der Waals surface area contributed by atoms with Crippen molar-refractivity contribution in [1.29, 1.82) is 0 Å². The maximum atomic E-state index is 11.9. The fourth-order valence-corrected chi connectivity index (χ4v) is 3.27. The minimum absolute atomic E-state index is 0.185. The Morgan fingerprint density at radius 1 is 1.38 bits per heavy atom. The van der Waals surface area contributed by atoms with E-state index < -0.39 is 12.1 Å². The summed E-state index contributed by atoms with van der Waals surface area (Å²) in [5.41, 5.74) is 0.759. The molecule has 124 valence electrons. The van der Waals surface area contributed by atoms with Crippen LogP contribution in [0.1, 0.15) is 37.9 Å². The summed E-state index contributed by atoms with van der Waals surface area (Å²) in [5.74, 6) is -0.712. The van der Waals surface area contributed by atoms with Gasteiger partial charge in [0.15, 0.2) is 4.88 Å². The van der Waals surface area contributed by atoms with E-state index in [9.17, 15) is 9.59 Å². The Bertz CT molecular complexity index is 809. The van der Waals surface area contributed by atoms with Crippen LogP contribution in [0, 0.1) is 6.57 Å². The van der Waals surface area contributed by atoms with Crippen LogP contribution in [0.25, 0.3) is 4.85 Å². The van der Waals surface area contributed by atoms with Crippen molar-refractivity contribution in [3.05, 3.63) is 62.1 Å². The molecular weight excluding hydrogens is 350 g/mol. The molecule has 0 radical (unpaired) electrons. The quantitative estimate of drug-likeness (QED) is 0.433. The van der Waals surface area contributed by atoms with Crippen molar-refractivity contribution >= 4 is 34.7 Å². The zero-order valence-corrected chi connectivity index (χ0v) is 14.6. The molecule has 5 nitrogen and oxygen atoms in total. The molecule has 0 aliphatic carbocycles. The Labute approximate surface area is 148 Å². The van der Waals surface area contributed by atoms with Gasteiger partial charge >= 0.3 is 5.97 Å². The molecule has 0 saturated heterocycles. The second kappa shape index (κ2) is 7.95.